The summed E-state index contributed by atoms with van der Waals surface area (Å²) in [5, 5.41) is 5.98. The first-order chi connectivity index (χ1) is 8.29. The molecule has 0 bridgehead atoms. The van der Waals surface area contributed by atoms with Crippen LogP contribution in [0.15, 0.2) is 24.5 Å². The molecule has 0 aliphatic heterocycles. The number of carbonyl (C=O) groups is 1. The predicted molar refractivity (Wildman–Crippen MR) is 73.4 cm³/mol. The van der Waals surface area contributed by atoms with Crippen molar-refractivity contribution >= 4 is 5.91 Å². The van der Waals surface area contributed by atoms with Gasteiger partial charge in [0.05, 0.1) is 5.54 Å². The summed E-state index contributed by atoms with van der Waals surface area (Å²) < 4.78 is 0. The van der Waals surface area contributed by atoms with Gasteiger partial charge in [0.2, 0.25) is 5.91 Å². The van der Waals surface area contributed by atoms with Crippen molar-refractivity contribution in [1.29, 1.82) is 0 Å². The van der Waals surface area contributed by atoms with Crippen LogP contribution in [0.3, 0.4) is 0 Å². The molecule has 1 aromatic heterocycles. The van der Waals surface area contributed by atoms with Crippen LogP contribution in [0.4, 0.5) is 0 Å². The first-order valence-corrected chi connectivity index (χ1v) is 6.17. The molecule has 1 heterocycles. The van der Waals surface area contributed by atoms with E-state index in [4.69, 9.17) is 0 Å². The summed E-state index contributed by atoms with van der Waals surface area (Å²) in [5.74, 6) is 0.00182. The molecule has 1 rings (SSSR count). The monoisotopic (exact) mass is 249 g/mol. The lowest BCUT2D eigenvalue weighted by Crippen LogP contribution is -2.53. The van der Waals surface area contributed by atoms with Gasteiger partial charge in [-0.05, 0) is 32.5 Å². The van der Waals surface area contributed by atoms with Crippen molar-refractivity contribution in [2.75, 3.05) is 13.6 Å². The Bertz CT molecular complexity index is 399. The lowest BCUT2D eigenvalue weighted by atomic mass is 9.85. The van der Waals surface area contributed by atoms with Crippen molar-refractivity contribution in [3.8, 4) is 0 Å². The van der Waals surface area contributed by atoms with E-state index >= 15 is 0 Å². The highest BCUT2D eigenvalue weighted by Gasteiger charge is 2.28. The molecule has 2 N–H and O–H groups in total. The standard InChI is InChI=1S/C14H23N3O/c1-13(2,11-7-6-8-16-9-11)10-17-12(18)14(3,4)15-5/h6-9,15H,10H2,1-5H3,(H,17,18). The molecule has 0 unspecified atom stereocenters. The average Bonchev–Trinajstić information content (AvgIpc) is 2.37. The van der Waals surface area contributed by atoms with E-state index in [2.05, 4.69) is 29.5 Å². The minimum absolute atomic E-state index is 0.00182. The molecule has 0 radical (unpaired) electrons. The maximum atomic E-state index is 12.0. The van der Waals surface area contributed by atoms with Gasteiger partial charge in [0.15, 0.2) is 0 Å². The first kappa shape index (κ1) is 14.6. The van der Waals surface area contributed by atoms with E-state index in [1.807, 2.05) is 32.2 Å². The van der Waals surface area contributed by atoms with Gasteiger partial charge in [-0.3, -0.25) is 9.78 Å². The van der Waals surface area contributed by atoms with Gasteiger partial charge in [0, 0.05) is 24.4 Å². The first-order valence-electron chi connectivity index (χ1n) is 6.17. The van der Waals surface area contributed by atoms with Gasteiger partial charge >= 0.3 is 0 Å². The third kappa shape index (κ3) is 3.53. The normalized spacial score (nSPS) is 12.3. The number of pyridine rings is 1. The lowest BCUT2D eigenvalue weighted by Gasteiger charge is -2.29. The Kier molecular flexibility index (Phi) is 4.46. The summed E-state index contributed by atoms with van der Waals surface area (Å²) >= 11 is 0. The SMILES string of the molecule is CNC(C)(C)C(=O)NCC(C)(C)c1cccnc1. The molecule has 18 heavy (non-hydrogen) atoms. The molecule has 100 valence electrons. The Hall–Kier alpha value is -1.42. The Morgan fingerprint density at radius 2 is 2.00 bits per heavy atom. The molecule has 0 spiro atoms. The largest absolute Gasteiger partial charge is 0.354 e. The van der Waals surface area contributed by atoms with Gasteiger partial charge in [-0.2, -0.15) is 0 Å². The summed E-state index contributed by atoms with van der Waals surface area (Å²) in [4.78, 5) is 16.1. The lowest BCUT2D eigenvalue weighted by molar-refractivity contribution is -0.126. The summed E-state index contributed by atoms with van der Waals surface area (Å²) in [7, 11) is 1.78. The molecule has 1 aromatic rings. The number of nitrogens with zero attached hydrogens (tertiary/aromatic N) is 1. The number of carbonyl (C=O) groups excluding carboxylic acids is 1. The van der Waals surface area contributed by atoms with Gasteiger partial charge in [0.1, 0.15) is 0 Å². The Morgan fingerprint density at radius 3 is 2.50 bits per heavy atom. The van der Waals surface area contributed by atoms with Gasteiger partial charge in [-0.1, -0.05) is 19.9 Å². The van der Waals surface area contributed by atoms with Crippen LogP contribution < -0.4 is 10.6 Å². The quantitative estimate of drug-likeness (QED) is 0.831. The van der Waals surface area contributed by atoms with Crippen molar-refractivity contribution in [1.82, 2.24) is 15.6 Å². The van der Waals surface area contributed by atoms with E-state index in [0.29, 0.717) is 6.54 Å². The van der Waals surface area contributed by atoms with Gasteiger partial charge in [-0.15, -0.1) is 0 Å². The summed E-state index contributed by atoms with van der Waals surface area (Å²) in [5.41, 5.74) is 0.436. The molecule has 4 heteroatoms. The van der Waals surface area contributed by atoms with Crippen LogP contribution in [-0.2, 0) is 10.2 Å². The van der Waals surface area contributed by atoms with Crippen LogP contribution in [0.25, 0.3) is 0 Å². The highest BCUT2D eigenvalue weighted by molar-refractivity contribution is 5.85. The van der Waals surface area contributed by atoms with Crippen molar-refractivity contribution in [3.63, 3.8) is 0 Å². The molecule has 0 saturated carbocycles. The van der Waals surface area contributed by atoms with Crippen molar-refractivity contribution in [2.24, 2.45) is 0 Å². The highest BCUT2D eigenvalue weighted by Crippen LogP contribution is 2.21. The number of aromatic nitrogens is 1. The second-order valence-electron chi connectivity index (χ2n) is 5.68. The minimum atomic E-state index is -0.551. The maximum absolute atomic E-state index is 12.0. The van der Waals surface area contributed by atoms with Crippen LogP contribution in [0, 0.1) is 0 Å². The molecule has 0 aliphatic carbocycles. The van der Waals surface area contributed by atoms with Crippen molar-refractivity contribution in [2.45, 2.75) is 38.6 Å². The summed E-state index contributed by atoms with van der Waals surface area (Å²) in [6.07, 6.45) is 3.59. The predicted octanol–water partition coefficient (Wildman–Crippen LogP) is 1.47. The van der Waals surface area contributed by atoms with Crippen LogP contribution in [0.2, 0.25) is 0 Å². The Balaban J connectivity index is 2.66. The number of nitrogens with one attached hydrogen (secondary N) is 2. The summed E-state index contributed by atoms with van der Waals surface area (Å²) in [6, 6.07) is 3.94. The highest BCUT2D eigenvalue weighted by atomic mass is 16.2. The smallest absolute Gasteiger partial charge is 0.239 e. The van der Waals surface area contributed by atoms with Gasteiger partial charge < -0.3 is 10.6 Å². The fourth-order valence-electron chi connectivity index (χ4n) is 1.50. The fourth-order valence-corrected chi connectivity index (χ4v) is 1.50. The molecule has 0 aliphatic rings. The Morgan fingerprint density at radius 1 is 1.33 bits per heavy atom. The summed E-state index contributed by atoms with van der Waals surface area (Å²) in [6.45, 7) is 8.49. The maximum Gasteiger partial charge on any atom is 0.239 e. The molecule has 0 aromatic carbocycles. The van der Waals surface area contributed by atoms with Crippen LogP contribution in [0.1, 0.15) is 33.3 Å². The van der Waals surface area contributed by atoms with Crippen molar-refractivity contribution < 1.29 is 4.79 Å². The third-order valence-electron chi connectivity index (χ3n) is 3.33. The number of amides is 1. The van der Waals surface area contributed by atoms with E-state index in [9.17, 15) is 4.79 Å². The molecule has 0 atom stereocenters. The second-order valence-corrected chi connectivity index (χ2v) is 5.68. The molecular formula is C14H23N3O. The number of hydrogen-bond donors (Lipinski definition) is 2. The zero-order valence-electron chi connectivity index (χ0n) is 11.9. The van der Waals surface area contributed by atoms with Crippen LogP contribution in [0.5, 0.6) is 0 Å². The number of likely N-dealkylation sites (N-methyl/N-ethyl adjacent to an activating group) is 1. The minimum Gasteiger partial charge on any atom is -0.354 e. The van der Waals surface area contributed by atoms with Crippen LogP contribution in [-0.4, -0.2) is 30.0 Å². The van der Waals surface area contributed by atoms with E-state index in [-0.39, 0.29) is 11.3 Å². The number of hydrogen-bond acceptors (Lipinski definition) is 3. The van der Waals surface area contributed by atoms with E-state index < -0.39 is 5.54 Å². The van der Waals surface area contributed by atoms with Gasteiger partial charge in [0.25, 0.3) is 0 Å². The number of rotatable bonds is 5. The zero-order valence-corrected chi connectivity index (χ0v) is 11.9. The molecule has 1 amide bonds. The van der Waals surface area contributed by atoms with Crippen molar-refractivity contribution in [3.05, 3.63) is 30.1 Å². The molecule has 4 nitrogen and oxygen atoms in total. The molecule has 0 saturated heterocycles. The fraction of sp³-hybridized carbons (Fsp3) is 0.571. The third-order valence-corrected chi connectivity index (χ3v) is 3.33. The second kappa shape index (κ2) is 5.48. The zero-order chi connectivity index (χ0) is 13.8. The van der Waals surface area contributed by atoms with Crippen LogP contribution >= 0.6 is 0 Å². The average molecular weight is 249 g/mol. The Labute approximate surface area is 109 Å². The van der Waals surface area contributed by atoms with E-state index in [0.717, 1.165) is 5.56 Å². The molecular weight excluding hydrogens is 226 g/mol. The van der Waals surface area contributed by atoms with Gasteiger partial charge in [-0.25, -0.2) is 0 Å². The van der Waals surface area contributed by atoms with E-state index in [1.54, 1.807) is 13.2 Å². The molecule has 0 fully saturated rings. The van der Waals surface area contributed by atoms with E-state index in [1.165, 1.54) is 0 Å². The topological polar surface area (TPSA) is 54.0 Å².